The molecule has 3 aromatic rings. The minimum atomic E-state index is -0.323. The van der Waals surface area contributed by atoms with Gasteiger partial charge >= 0.3 is 0 Å². The Bertz CT molecular complexity index is 1390. The number of halogens is 2. The van der Waals surface area contributed by atoms with Crippen molar-refractivity contribution in [3.8, 4) is 11.5 Å². The number of rotatable bonds is 7. The van der Waals surface area contributed by atoms with Gasteiger partial charge in [0.15, 0.2) is 5.11 Å². The van der Waals surface area contributed by atoms with Crippen LogP contribution in [0.1, 0.15) is 11.1 Å². The number of thiocarbonyl (C=S) groups is 1. The Morgan fingerprint density at radius 1 is 1.22 bits per heavy atom. The topological polar surface area (TPSA) is 91.8 Å². The number of hydrogen-bond donors (Lipinski definition) is 2. The molecule has 2 heterocycles. The first-order valence-electron chi connectivity index (χ1n) is 11.0. The first kappa shape index (κ1) is 26.5. The maximum absolute atomic E-state index is 11.9. The second-order valence-corrected chi connectivity index (χ2v) is 9.16. The van der Waals surface area contributed by atoms with E-state index in [0.717, 1.165) is 11.1 Å². The molecule has 0 bridgehead atoms. The number of carbonyl (C=O) groups excluding carboxylic acids is 1. The lowest BCUT2D eigenvalue weighted by Crippen LogP contribution is -2.46. The molecule has 0 unspecified atom stereocenters. The predicted octanol–water partition coefficient (Wildman–Crippen LogP) is 5.72. The summed E-state index contributed by atoms with van der Waals surface area (Å²) >= 11 is 19.1. The van der Waals surface area contributed by atoms with Gasteiger partial charge in [0.1, 0.15) is 27.4 Å². The Morgan fingerprint density at radius 3 is 2.51 bits per heavy atom. The fraction of sp³-hybridized carbons (Fsp3) is 0.200. The number of anilines is 5. The second-order valence-electron chi connectivity index (χ2n) is 8.04. The maximum atomic E-state index is 11.9. The fourth-order valence-corrected chi connectivity index (χ4v) is 4.83. The van der Waals surface area contributed by atoms with E-state index in [-0.39, 0.29) is 5.91 Å². The number of aryl methyl sites for hydroxylation is 1. The van der Waals surface area contributed by atoms with Gasteiger partial charge in [0.05, 0.1) is 37.8 Å². The van der Waals surface area contributed by atoms with Crippen molar-refractivity contribution in [3.63, 3.8) is 0 Å². The Balaban J connectivity index is 1.70. The molecule has 9 nitrogen and oxygen atoms in total. The molecule has 0 saturated heterocycles. The molecule has 37 heavy (non-hydrogen) atoms. The van der Waals surface area contributed by atoms with Gasteiger partial charge in [-0.15, -0.1) is 0 Å². The van der Waals surface area contributed by atoms with Gasteiger partial charge in [-0.2, -0.15) is 4.98 Å². The van der Waals surface area contributed by atoms with E-state index in [4.69, 9.17) is 49.9 Å². The average molecular weight is 559 g/mol. The van der Waals surface area contributed by atoms with Crippen molar-refractivity contribution in [3.05, 3.63) is 64.3 Å². The van der Waals surface area contributed by atoms with Crippen molar-refractivity contribution in [2.24, 2.45) is 0 Å². The third kappa shape index (κ3) is 5.00. The molecule has 1 aromatic heterocycles. The van der Waals surface area contributed by atoms with Crippen molar-refractivity contribution < 1.29 is 14.3 Å². The average Bonchev–Trinajstić information content (AvgIpc) is 2.89. The number of para-hydroxylation sites is 1. The number of nitrogens with one attached hydrogen (secondary N) is 2. The molecular weight excluding hydrogens is 535 g/mol. The lowest BCUT2D eigenvalue weighted by Gasteiger charge is -2.37. The van der Waals surface area contributed by atoms with Gasteiger partial charge in [-0.05, 0) is 36.8 Å². The summed E-state index contributed by atoms with van der Waals surface area (Å²) in [5.74, 6) is 1.44. The standard InChI is InChI=1S/C25H24Cl2N6O3S/c1-6-18(34)29-15-9-7-8-13(2)21(15)30-24-28-11-14-12-33(25(37)32(3)23(14)31-24)22-19(26)16(35-4)10-17(36-5)20(22)27/h6-11H,1,12H2,2-5H3,(H,29,34)(H,28,30,31). The highest BCUT2D eigenvalue weighted by molar-refractivity contribution is 7.80. The molecule has 0 radical (unpaired) electrons. The van der Waals surface area contributed by atoms with Crippen molar-refractivity contribution >= 4 is 75.3 Å². The number of fused-ring (bicyclic) bond motifs is 1. The number of hydrogen-bond acceptors (Lipinski definition) is 7. The largest absolute Gasteiger partial charge is 0.495 e. The molecule has 0 aliphatic carbocycles. The Kier molecular flexibility index (Phi) is 7.72. The first-order chi connectivity index (χ1) is 17.7. The Labute approximate surface area is 230 Å². The van der Waals surface area contributed by atoms with Crippen LogP contribution in [0.5, 0.6) is 11.5 Å². The SMILES string of the molecule is C=CC(=O)Nc1cccc(C)c1Nc1ncc2c(n1)N(C)C(=S)N(c1c(Cl)c(OC)cc(OC)c1Cl)C2. The van der Waals surface area contributed by atoms with Gasteiger partial charge in [-0.25, -0.2) is 4.98 Å². The summed E-state index contributed by atoms with van der Waals surface area (Å²) in [6, 6.07) is 7.16. The van der Waals surface area contributed by atoms with Crippen molar-refractivity contribution in [2.45, 2.75) is 13.5 Å². The first-order valence-corrected chi connectivity index (χ1v) is 12.2. The maximum Gasteiger partial charge on any atom is 0.247 e. The molecule has 1 aliphatic heterocycles. The molecule has 4 rings (SSSR count). The molecule has 1 aliphatic rings. The molecule has 1 amide bonds. The van der Waals surface area contributed by atoms with Crippen LogP contribution in [0.4, 0.5) is 28.8 Å². The fourth-order valence-electron chi connectivity index (χ4n) is 3.89. The third-order valence-electron chi connectivity index (χ3n) is 5.78. The molecule has 0 atom stereocenters. The minimum absolute atomic E-state index is 0.306. The molecule has 12 heteroatoms. The second kappa shape index (κ2) is 10.8. The van der Waals surface area contributed by atoms with Crippen LogP contribution in [0.25, 0.3) is 0 Å². The number of amides is 1. The van der Waals surface area contributed by atoms with Crippen LogP contribution in [-0.2, 0) is 11.3 Å². The number of benzene rings is 2. The Morgan fingerprint density at radius 2 is 1.89 bits per heavy atom. The van der Waals surface area contributed by atoms with Crippen LogP contribution in [0, 0.1) is 6.92 Å². The monoisotopic (exact) mass is 558 g/mol. The van der Waals surface area contributed by atoms with Crippen molar-refractivity contribution in [1.29, 1.82) is 0 Å². The highest BCUT2D eigenvalue weighted by Gasteiger charge is 2.32. The molecule has 2 N–H and O–H groups in total. The molecule has 0 fully saturated rings. The number of methoxy groups -OCH3 is 2. The summed E-state index contributed by atoms with van der Waals surface area (Å²) in [7, 11) is 4.82. The molecule has 2 aromatic carbocycles. The van der Waals surface area contributed by atoms with E-state index in [2.05, 4.69) is 22.2 Å². The van der Waals surface area contributed by atoms with Crippen molar-refractivity contribution in [1.82, 2.24) is 9.97 Å². The van der Waals surface area contributed by atoms with E-state index in [1.807, 2.05) is 19.1 Å². The smallest absolute Gasteiger partial charge is 0.247 e. The van der Waals surface area contributed by atoms with Gasteiger partial charge < -0.3 is 29.9 Å². The molecule has 0 spiro atoms. The van der Waals surface area contributed by atoms with Crippen LogP contribution in [0.3, 0.4) is 0 Å². The number of nitrogens with zero attached hydrogens (tertiary/aromatic N) is 4. The van der Waals surface area contributed by atoms with Crippen LogP contribution in [-0.4, -0.2) is 42.3 Å². The summed E-state index contributed by atoms with van der Waals surface area (Å²) in [5, 5.41) is 7.05. The van der Waals surface area contributed by atoms with Gasteiger partial charge in [0.2, 0.25) is 11.9 Å². The summed E-state index contributed by atoms with van der Waals surface area (Å²) in [6.07, 6.45) is 2.91. The highest BCUT2D eigenvalue weighted by atomic mass is 35.5. The number of ether oxygens (including phenoxy) is 2. The van der Waals surface area contributed by atoms with E-state index in [1.165, 1.54) is 20.3 Å². The quantitative estimate of drug-likeness (QED) is 0.279. The number of carbonyl (C=O) groups is 1. The zero-order valence-electron chi connectivity index (χ0n) is 20.6. The summed E-state index contributed by atoms with van der Waals surface area (Å²) in [4.78, 5) is 24.6. The lowest BCUT2D eigenvalue weighted by atomic mass is 10.1. The van der Waals surface area contributed by atoms with Crippen LogP contribution in [0.2, 0.25) is 10.0 Å². The van der Waals surface area contributed by atoms with Gasteiger partial charge in [-0.1, -0.05) is 41.9 Å². The third-order valence-corrected chi connectivity index (χ3v) is 7.00. The van der Waals surface area contributed by atoms with Gasteiger partial charge in [0.25, 0.3) is 0 Å². The predicted molar refractivity (Wildman–Crippen MR) is 152 cm³/mol. The van der Waals surface area contributed by atoms with Gasteiger partial charge in [-0.3, -0.25) is 4.79 Å². The zero-order valence-corrected chi connectivity index (χ0v) is 22.9. The normalized spacial score (nSPS) is 12.6. The number of aromatic nitrogens is 2. The molecule has 0 saturated carbocycles. The van der Waals surface area contributed by atoms with Gasteiger partial charge in [0, 0.05) is 24.9 Å². The summed E-state index contributed by atoms with van der Waals surface area (Å²) in [6.45, 7) is 5.74. The summed E-state index contributed by atoms with van der Waals surface area (Å²) in [5.41, 5.74) is 3.40. The van der Waals surface area contributed by atoms with E-state index in [0.29, 0.717) is 62.0 Å². The lowest BCUT2D eigenvalue weighted by molar-refractivity contribution is -0.111. The van der Waals surface area contributed by atoms with Crippen molar-refractivity contribution in [2.75, 3.05) is 41.7 Å². The van der Waals surface area contributed by atoms with E-state index < -0.39 is 0 Å². The highest BCUT2D eigenvalue weighted by Crippen LogP contribution is 2.47. The Hall–Kier alpha value is -3.60. The van der Waals surface area contributed by atoms with E-state index in [9.17, 15) is 4.79 Å². The van der Waals surface area contributed by atoms with Crippen LogP contribution < -0.4 is 29.9 Å². The molecule has 192 valence electrons. The zero-order chi connectivity index (χ0) is 26.9. The van der Waals surface area contributed by atoms with Crippen LogP contribution in [0.15, 0.2) is 43.1 Å². The summed E-state index contributed by atoms with van der Waals surface area (Å²) < 4.78 is 10.8. The molecular formula is C25H24Cl2N6O3S. The minimum Gasteiger partial charge on any atom is -0.495 e. The van der Waals surface area contributed by atoms with E-state index >= 15 is 0 Å². The van der Waals surface area contributed by atoms with Crippen LogP contribution >= 0.6 is 35.4 Å². The van der Waals surface area contributed by atoms with E-state index in [1.54, 1.807) is 35.2 Å².